The van der Waals surface area contributed by atoms with Crippen molar-refractivity contribution in [2.75, 3.05) is 6.54 Å². The highest BCUT2D eigenvalue weighted by molar-refractivity contribution is 4.82. The normalized spacial score (nSPS) is 19.7. The van der Waals surface area contributed by atoms with Crippen LogP contribution in [-0.2, 0) is 4.74 Å². The summed E-state index contributed by atoms with van der Waals surface area (Å²) in [5.74, 6) is 0. The molecule has 0 radical (unpaired) electrons. The average molecular weight is 199 g/mol. The molecule has 1 saturated carbocycles. The minimum Gasteiger partial charge on any atom is -0.371 e. The van der Waals surface area contributed by atoms with Gasteiger partial charge in [0.25, 0.3) is 0 Å². The highest BCUT2D eigenvalue weighted by Gasteiger charge is 2.24. The smallest absolute Gasteiger partial charge is 0.0704 e. The van der Waals surface area contributed by atoms with E-state index < -0.39 is 0 Å². The molecule has 84 valence electrons. The molecule has 0 aromatic carbocycles. The molecular weight excluding hydrogens is 174 g/mol. The van der Waals surface area contributed by atoms with Crippen LogP contribution in [0.5, 0.6) is 0 Å². The van der Waals surface area contributed by atoms with Gasteiger partial charge in [0.2, 0.25) is 0 Å². The summed E-state index contributed by atoms with van der Waals surface area (Å²) in [6, 6.07) is 0.789. The fourth-order valence-electron chi connectivity index (χ4n) is 1.39. The van der Waals surface area contributed by atoms with Gasteiger partial charge in [0.05, 0.1) is 11.7 Å². The first kappa shape index (κ1) is 12.0. The number of hydrogen-bond acceptors (Lipinski definition) is 2. The first-order valence-electron chi connectivity index (χ1n) is 5.98. The van der Waals surface area contributed by atoms with Crippen LogP contribution in [-0.4, -0.2) is 24.3 Å². The molecule has 1 rings (SSSR count). The van der Waals surface area contributed by atoms with E-state index in [0.717, 1.165) is 25.4 Å². The van der Waals surface area contributed by atoms with Crippen LogP contribution in [0, 0.1) is 0 Å². The van der Waals surface area contributed by atoms with Crippen molar-refractivity contribution in [2.24, 2.45) is 0 Å². The Bertz CT molecular complexity index is 164. The molecule has 0 saturated heterocycles. The van der Waals surface area contributed by atoms with Crippen LogP contribution < -0.4 is 5.32 Å². The molecule has 1 aliphatic carbocycles. The average Bonchev–Trinajstić information content (AvgIpc) is 2.95. The maximum absolute atomic E-state index is 6.05. The van der Waals surface area contributed by atoms with Crippen LogP contribution in [0.2, 0.25) is 0 Å². The zero-order chi connectivity index (χ0) is 10.6. The van der Waals surface area contributed by atoms with E-state index in [1.165, 1.54) is 12.8 Å². The van der Waals surface area contributed by atoms with Crippen molar-refractivity contribution in [3.05, 3.63) is 0 Å². The maximum Gasteiger partial charge on any atom is 0.0704 e. The summed E-state index contributed by atoms with van der Waals surface area (Å²) in [5, 5.41) is 3.53. The molecule has 0 bridgehead atoms. The molecule has 1 aliphatic rings. The number of hydrogen-bond donors (Lipinski definition) is 1. The van der Waals surface area contributed by atoms with E-state index in [2.05, 4.69) is 33.0 Å². The van der Waals surface area contributed by atoms with Gasteiger partial charge in [0.15, 0.2) is 0 Å². The van der Waals surface area contributed by atoms with Crippen molar-refractivity contribution in [2.45, 2.75) is 71.1 Å². The standard InChI is InChI=1S/C12H25NO/c1-5-11(9-13-10-7-8-10)14-12(3,4)6-2/h10-11,13H,5-9H2,1-4H3. The van der Waals surface area contributed by atoms with E-state index in [-0.39, 0.29) is 5.60 Å². The van der Waals surface area contributed by atoms with Crippen LogP contribution in [0.3, 0.4) is 0 Å². The van der Waals surface area contributed by atoms with Crippen molar-refractivity contribution in [1.29, 1.82) is 0 Å². The van der Waals surface area contributed by atoms with E-state index >= 15 is 0 Å². The van der Waals surface area contributed by atoms with Crippen molar-refractivity contribution in [3.8, 4) is 0 Å². The lowest BCUT2D eigenvalue weighted by atomic mass is 10.1. The molecule has 1 N–H and O–H groups in total. The molecule has 0 amide bonds. The SMILES string of the molecule is CCC(CNC1CC1)OC(C)(C)CC. The van der Waals surface area contributed by atoms with Gasteiger partial charge >= 0.3 is 0 Å². The first-order chi connectivity index (χ1) is 6.57. The third-order valence-electron chi connectivity index (χ3n) is 3.00. The summed E-state index contributed by atoms with van der Waals surface area (Å²) < 4.78 is 6.05. The molecule has 1 fully saturated rings. The fourth-order valence-corrected chi connectivity index (χ4v) is 1.39. The Kier molecular flexibility index (Phi) is 4.39. The zero-order valence-electron chi connectivity index (χ0n) is 10.1. The van der Waals surface area contributed by atoms with E-state index in [0.29, 0.717) is 6.10 Å². The van der Waals surface area contributed by atoms with Gasteiger partial charge in [0, 0.05) is 12.6 Å². The highest BCUT2D eigenvalue weighted by Crippen LogP contribution is 2.21. The summed E-state index contributed by atoms with van der Waals surface area (Å²) in [5.41, 5.74) is 0.0336. The summed E-state index contributed by atoms with van der Waals surface area (Å²) in [4.78, 5) is 0. The lowest BCUT2D eigenvalue weighted by molar-refractivity contribution is -0.0733. The summed E-state index contributed by atoms with van der Waals surface area (Å²) >= 11 is 0. The molecule has 0 aromatic heterocycles. The molecular formula is C12H25NO. The van der Waals surface area contributed by atoms with Gasteiger partial charge < -0.3 is 10.1 Å². The minimum atomic E-state index is 0.0336. The Hall–Kier alpha value is -0.0800. The molecule has 14 heavy (non-hydrogen) atoms. The topological polar surface area (TPSA) is 21.3 Å². The van der Waals surface area contributed by atoms with Gasteiger partial charge in [-0.15, -0.1) is 0 Å². The molecule has 0 aromatic rings. The van der Waals surface area contributed by atoms with Crippen LogP contribution in [0.15, 0.2) is 0 Å². The van der Waals surface area contributed by atoms with E-state index in [1.54, 1.807) is 0 Å². The molecule has 2 nitrogen and oxygen atoms in total. The monoisotopic (exact) mass is 199 g/mol. The number of rotatable bonds is 7. The lowest BCUT2D eigenvalue weighted by Crippen LogP contribution is -2.37. The predicted molar refractivity (Wildman–Crippen MR) is 60.6 cm³/mol. The van der Waals surface area contributed by atoms with Gasteiger partial charge in [-0.2, -0.15) is 0 Å². The second kappa shape index (κ2) is 5.13. The number of ether oxygens (including phenoxy) is 1. The molecule has 0 spiro atoms. The van der Waals surface area contributed by atoms with Gasteiger partial charge in [-0.3, -0.25) is 0 Å². The third kappa shape index (κ3) is 4.43. The molecule has 0 aliphatic heterocycles. The van der Waals surface area contributed by atoms with E-state index in [1.807, 2.05) is 0 Å². The number of nitrogens with one attached hydrogen (secondary N) is 1. The maximum atomic E-state index is 6.05. The second-order valence-electron chi connectivity index (χ2n) is 4.94. The van der Waals surface area contributed by atoms with Gasteiger partial charge in [-0.1, -0.05) is 13.8 Å². The fraction of sp³-hybridized carbons (Fsp3) is 1.00. The third-order valence-corrected chi connectivity index (χ3v) is 3.00. The largest absolute Gasteiger partial charge is 0.371 e. The molecule has 0 heterocycles. The summed E-state index contributed by atoms with van der Waals surface area (Å²) in [6.07, 6.45) is 5.27. The quantitative estimate of drug-likeness (QED) is 0.680. The van der Waals surface area contributed by atoms with E-state index in [9.17, 15) is 0 Å². The second-order valence-corrected chi connectivity index (χ2v) is 4.94. The molecule has 1 atom stereocenters. The molecule has 1 unspecified atom stereocenters. The van der Waals surface area contributed by atoms with Crippen LogP contribution >= 0.6 is 0 Å². The Morgan fingerprint density at radius 2 is 2.00 bits per heavy atom. The summed E-state index contributed by atoms with van der Waals surface area (Å²) in [7, 11) is 0. The van der Waals surface area contributed by atoms with Crippen molar-refractivity contribution in [3.63, 3.8) is 0 Å². The van der Waals surface area contributed by atoms with Crippen molar-refractivity contribution in [1.82, 2.24) is 5.32 Å². The van der Waals surface area contributed by atoms with E-state index in [4.69, 9.17) is 4.74 Å². The molecule has 2 heteroatoms. The van der Waals surface area contributed by atoms with Gasteiger partial charge in [-0.25, -0.2) is 0 Å². The first-order valence-corrected chi connectivity index (χ1v) is 5.98. The zero-order valence-corrected chi connectivity index (χ0v) is 10.1. The van der Waals surface area contributed by atoms with Crippen molar-refractivity contribution < 1.29 is 4.74 Å². The van der Waals surface area contributed by atoms with Crippen LogP contribution in [0.1, 0.15) is 53.4 Å². The van der Waals surface area contributed by atoms with Gasteiger partial charge in [-0.05, 0) is 39.5 Å². The van der Waals surface area contributed by atoms with Gasteiger partial charge in [0.1, 0.15) is 0 Å². The predicted octanol–water partition coefficient (Wildman–Crippen LogP) is 2.72. The minimum absolute atomic E-state index is 0.0336. The van der Waals surface area contributed by atoms with Crippen molar-refractivity contribution >= 4 is 0 Å². The summed E-state index contributed by atoms with van der Waals surface area (Å²) in [6.45, 7) is 9.75. The van der Waals surface area contributed by atoms with Crippen LogP contribution in [0.4, 0.5) is 0 Å². The van der Waals surface area contributed by atoms with Crippen LogP contribution in [0.25, 0.3) is 0 Å². The highest BCUT2D eigenvalue weighted by atomic mass is 16.5. The Balaban J connectivity index is 2.21. The Morgan fingerprint density at radius 1 is 1.36 bits per heavy atom. The lowest BCUT2D eigenvalue weighted by Gasteiger charge is -2.29. The Morgan fingerprint density at radius 3 is 2.43 bits per heavy atom. The Labute approximate surface area is 88.4 Å².